The first kappa shape index (κ1) is 21.4. The molecule has 1 saturated carbocycles. The van der Waals surface area contributed by atoms with Crippen LogP contribution in [0.25, 0.3) is 11.3 Å². The fourth-order valence-electron chi connectivity index (χ4n) is 4.41. The second-order valence-electron chi connectivity index (χ2n) is 8.54. The second kappa shape index (κ2) is 8.01. The second-order valence-corrected chi connectivity index (χ2v) is 8.54. The van der Waals surface area contributed by atoms with E-state index < -0.39 is 11.7 Å². The van der Waals surface area contributed by atoms with Crippen molar-refractivity contribution in [2.24, 2.45) is 0 Å². The summed E-state index contributed by atoms with van der Waals surface area (Å²) >= 11 is 0. The van der Waals surface area contributed by atoms with Crippen LogP contribution >= 0.6 is 0 Å². The first-order valence-corrected chi connectivity index (χ1v) is 10.4. The lowest BCUT2D eigenvalue weighted by molar-refractivity contribution is -0.132. The summed E-state index contributed by atoms with van der Waals surface area (Å²) < 4.78 is 41.8. The van der Waals surface area contributed by atoms with Gasteiger partial charge < -0.3 is 14.9 Å². The van der Waals surface area contributed by atoms with Crippen molar-refractivity contribution in [1.82, 2.24) is 15.1 Å². The molecule has 1 saturated heterocycles. The highest BCUT2D eigenvalue weighted by Gasteiger charge is 2.41. The van der Waals surface area contributed by atoms with Gasteiger partial charge in [-0.25, -0.2) is 13.2 Å². The number of hydrogen-bond donors (Lipinski definition) is 1. The third-order valence-corrected chi connectivity index (χ3v) is 6.43. The van der Waals surface area contributed by atoms with Crippen LogP contribution in [0.15, 0.2) is 24.3 Å². The molecule has 31 heavy (non-hydrogen) atoms. The fraction of sp³-hybridized carbons (Fsp3) is 0.500. The summed E-state index contributed by atoms with van der Waals surface area (Å²) in [6, 6.07) is 5.45. The van der Waals surface area contributed by atoms with Gasteiger partial charge in [0.15, 0.2) is 5.82 Å². The quantitative estimate of drug-likeness (QED) is 0.789. The van der Waals surface area contributed by atoms with Crippen LogP contribution in [0.1, 0.15) is 43.6 Å². The molecule has 2 aliphatic rings. The number of carbonyl (C=O) groups excluding carboxylic acids is 1. The third-order valence-electron chi connectivity index (χ3n) is 6.43. The molecule has 2 aromatic rings. The van der Waals surface area contributed by atoms with Crippen molar-refractivity contribution in [3.8, 4) is 17.0 Å². The number of carbonyl (C=O) groups is 1. The minimum atomic E-state index is -2.66. The number of likely N-dealkylation sites (tertiary alicyclic amines) is 1. The Morgan fingerprint density at radius 1 is 1.23 bits per heavy atom. The van der Waals surface area contributed by atoms with Gasteiger partial charge in [0.05, 0.1) is 5.69 Å². The summed E-state index contributed by atoms with van der Waals surface area (Å²) in [7, 11) is 3.41. The topological polar surface area (TPSA) is 69.6 Å². The molecule has 2 fully saturated rings. The molecule has 1 aliphatic heterocycles. The summed E-state index contributed by atoms with van der Waals surface area (Å²) in [6.45, 7) is 0.541. The van der Waals surface area contributed by atoms with E-state index in [2.05, 4.69) is 10.2 Å². The van der Waals surface area contributed by atoms with Crippen molar-refractivity contribution in [1.29, 1.82) is 0 Å². The number of amides is 1. The van der Waals surface area contributed by atoms with Crippen LogP contribution in [0.2, 0.25) is 0 Å². The molecule has 0 bridgehead atoms. The van der Waals surface area contributed by atoms with Gasteiger partial charge in [-0.2, -0.15) is 0 Å². The van der Waals surface area contributed by atoms with E-state index in [1.54, 1.807) is 36.0 Å². The van der Waals surface area contributed by atoms with E-state index in [4.69, 9.17) is 0 Å². The zero-order valence-corrected chi connectivity index (χ0v) is 17.5. The average molecular weight is 434 g/mol. The molecule has 166 valence electrons. The molecule has 1 aliphatic carbocycles. The predicted octanol–water partition coefficient (Wildman–Crippen LogP) is 3.95. The van der Waals surface area contributed by atoms with Gasteiger partial charge in [0.1, 0.15) is 11.6 Å². The molecule has 2 atom stereocenters. The van der Waals surface area contributed by atoms with E-state index in [9.17, 15) is 23.1 Å². The maximum absolute atomic E-state index is 14.8. The molecule has 1 amide bonds. The lowest BCUT2D eigenvalue weighted by atomic mass is 9.87. The fourth-order valence-corrected chi connectivity index (χ4v) is 4.41. The van der Waals surface area contributed by atoms with Crippen molar-refractivity contribution >= 4 is 11.7 Å². The predicted molar refractivity (Wildman–Crippen MR) is 110 cm³/mol. The van der Waals surface area contributed by atoms with Crippen LogP contribution in [0, 0.1) is 5.82 Å². The van der Waals surface area contributed by atoms with Gasteiger partial charge in [-0.1, -0.05) is 0 Å². The van der Waals surface area contributed by atoms with Crippen molar-refractivity contribution in [2.75, 3.05) is 25.5 Å². The summed E-state index contributed by atoms with van der Waals surface area (Å²) in [5.74, 6) is -3.21. The molecule has 1 aromatic heterocycles. The summed E-state index contributed by atoms with van der Waals surface area (Å²) in [6.07, 6.45) is 0.835. The number of aromatic nitrogens is 2. The molecule has 0 spiro atoms. The number of phenols is 1. The number of aromatic hydroxyl groups is 1. The number of phenolic OH excluding ortho intramolecular Hbond substituents is 1. The van der Waals surface area contributed by atoms with E-state index in [-0.39, 0.29) is 54.1 Å². The van der Waals surface area contributed by atoms with Crippen LogP contribution in [-0.4, -0.2) is 58.7 Å². The van der Waals surface area contributed by atoms with Gasteiger partial charge in [-0.3, -0.25) is 4.79 Å². The number of benzene rings is 1. The van der Waals surface area contributed by atoms with E-state index in [0.717, 1.165) is 0 Å². The highest BCUT2D eigenvalue weighted by Crippen LogP contribution is 2.39. The minimum absolute atomic E-state index is 0.0511. The summed E-state index contributed by atoms with van der Waals surface area (Å²) in [5, 5.41) is 18.7. The number of piperidine rings is 1. The molecular weight excluding hydrogens is 409 g/mol. The number of alkyl halides is 2. The van der Waals surface area contributed by atoms with Crippen LogP contribution in [0.3, 0.4) is 0 Å². The molecule has 9 heteroatoms. The Hall–Kier alpha value is -2.84. The van der Waals surface area contributed by atoms with Gasteiger partial charge in [-0.15, -0.1) is 10.2 Å². The molecule has 6 nitrogen and oxygen atoms in total. The van der Waals surface area contributed by atoms with Gasteiger partial charge in [-0.05, 0) is 48.6 Å². The Balaban J connectivity index is 1.53. The van der Waals surface area contributed by atoms with E-state index >= 15 is 0 Å². The van der Waals surface area contributed by atoms with Crippen LogP contribution < -0.4 is 4.90 Å². The number of nitrogens with zero attached hydrogens (tertiary/aromatic N) is 4. The lowest BCUT2D eigenvalue weighted by Gasteiger charge is -2.29. The number of halogens is 3. The summed E-state index contributed by atoms with van der Waals surface area (Å²) in [5.41, 5.74) is 0.778. The van der Waals surface area contributed by atoms with Crippen molar-refractivity contribution < 1.29 is 23.1 Å². The normalized spacial score (nSPS) is 23.3. The first-order valence-electron chi connectivity index (χ1n) is 10.4. The highest BCUT2D eigenvalue weighted by molar-refractivity contribution is 5.78. The molecule has 1 aromatic carbocycles. The van der Waals surface area contributed by atoms with E-state index in [0.29, 0.717) is 30.8 Å². The Labute approximate surface area is 178 Å². The van der Waals surface area contributed by atoms with E-state index in [1.165, 1.54) is 12.1 Å². The number of hydrogen-bond acceptors (Lipinski definition) is 5. The Kier molecular flexibility index (Phi) is 5.53. The van der Waals surface area contributed by atoms with Crippen LogP contribution in [0.4, 0.5) is 19.0 Å². The molecule has 0 radical (unpaired) electrons. The minimum Gasteiger partial charge on any atom is -0.507 e. The highest BCUT2D eigenvalue weighted by atomic mass is 19.3. The standard InChI is InChI=1S/C22H25F3N4O2/c1-28-8-6-13(9-21(28)31)15-11-19(30)16(10-17(15)23)18-3-4-20(27-26-18)29(2)14-5-7-22(24,25)12-14/h3-4,10-11,13-14,30H,5-9,12H2,1-2H3/t13-,14+/m1/s1. The largest absolute Gasteiger partial charge is 0.507 e. The maximum Gasteiger partial charge on any atom is 0.250 e. The zero-order valence-electron chi connectivity index (χ0n) is 17.5. The summed E-state index contributed by atoms with van der Waals surface area (Å²) in [4.78, 5) is 15.3. The average Bonchev–Trinajstić information content (AvgIpc) is 3.11. The number of rotatable bonds is 4. The smallest absolute Gasteiger partial charge is 0.250 e. The lowest BCUT2D eigenvalue weighted by Crippen LogP contribution is -2.35. The molecular formula is C22H25F3N4O2. The SMILES string of the molecule is CN1CC[C@@H](c2cc(O)c(-c3ccc(N(C)[C@H]4CCC(F)(F)C4)nn3)cc2F)CC1=O. The van der Waals surface area contributed by atoms with Gasteiger partial charge in [0.25, 0.3) is 0 Å². The molecule has 1 N–H and O–H groups in total. The van der Waals surface area contributed by atoms with Crippen molar-refractivity contribution in [3.05, 3.63) is 35.6 Å². The monoisotopic (exact) mass is 434 g/mol. The Morgan fingerprint density at radius 2 is 2.00 bits per heavy atom. The third kappa shape index (κ3) is 4.31. The van der Waals surface area contributed by atoms with Crippen molar-refractivity contribution in [3.63, 3.8) is 0 Å². The first-order chi connectivity index (χ1) is 14.6. The molecule has 0 unspecified atom stereocenters. The Bertz CT molecular complexity index is 983. The van der Waals surface area contributed by atoms with Crippen LogP contribution in [-0.2, 0) is 4.79 Å². The maximum atomic E-state index is 14.8. The van der Waals surface area contributed by atoms with Gasteiger partial charge in [0.2, 0.25) is 11.8 Å². The molecule has 2 heterocycles. The zero-order chi connectivity index (χ0) is 22.3. The van der Waals surface area contributed by atoms with Crippen molar-refractivity contribution in [2.45, 2.75) is 50.0 Å². The van der Waals surface area contributed by atoms with Gasteiger partial charge >= 0.3 is 0 Å². The number of anilines is 1. The van der Waals surface area contributed by atoms with Gasteiger partial charge in [0, 0.05) is 51.5 Å². The molecule has 4 rings (SSSR count). The Morgan fingerprint density at radius 3 is 2.61 bits per heavy atom. The van der Waals surface area contributed by atoms with E-state index in [1.807, 2.05) is 0 Å². The van der Waals surface area contributed by atoms with Crippen LogP contribution in [0.5, 0.6) is 5.75 Å².